The molecule has 1 atom stereocenters. The van der Waals surface area contributed by atoms with Crippen LogP contribution in [-0.2, 0) is 4.79 Å². The van der Waals surface area contributed by atoms with Crippen molar-refractivity contribution in [1.82, 2.24) is 9.80 Å². The van der Waals surface area contributed by atoms with Crippen molar-refractivity contribution in [3.63, 3.8) is 0 Å². The van der Waals surface area contributed by atoms with Crippen molar-refractivity contribution in [2.24, 2.45) is 0 Å². The smallest absolute Gasteiger partial charge is 0.320 e. The normalized spacial score (nSPS) is 21.2. The summed E-state index contributed by atoms with van der Waals surface area (Å²) in [6, 6.07) is -0.376. The lowest BCUT2D eigenvalue weighted by Crippen LogP contribution is -2.51. The van der Waals surface area contributed by atoms with Gasteiger partial charge in [0.15, 0.2) is 0 Å². The highest BCUT2D eigenvalue weighted by molar-refractivity contribution is 9.11. The predicted octanol–water partition coefficient (Wildman–Crippen LogP) is 0.986. The molecule has 1 saturated heterocycles. The number of rotatable bonds is 4. The number of halogens is 1. The lowest BCUT2D eigenvalue weighted by atomic mass is 10.2. The number of hydrogen-bond donors (Lipinski definition) is 1. The average Bonchev–Trinajstić information content (AvgIpc) is 2.17. The Balaban J connectivity index is 2.35. The Hall–Kier alpha value is -0.390. The largest absolute Gasteiger partial charge is 0.480 e. The lowest BCUT2D eigenvalue weighted by Gasteiger charge is -2.36. The van der Waals surface area contributed by atoms with Crippen LogP contribution in [0.1, 0.15) is 6.92 Å². The summed E-state index contributed by atoms with van der Waals surface area (Å²) in [7, 11) is 0. The van der Waals surface area contributed by atoms with E-state index in [9.17, 15) is 4.79 Å². The van der Waals surface area contributed by atoms with Gasteiger partial charge in [-0.3, -0.25) is 14.6 Å². The van der Waals surface area contributed by atoms with E-state index in [1.165, 1.54) is 0 Å². The van der Waals surface area contributed by atoms with E-state index in [1.807, 2.05) is 4.90 Å². The van der Waals surface area contributed by atoms with Gasteiger partial charge in [-0.2, -0.15) is 0 Å². The van der Waals surface area contributed by atoms with E-state index < -0.39 is 5.97 Å². The first kappa shape index (κ1) is 12.7. The summed E-state index contributed by atoms with van der Waals surface area (Å²) in [5.74, 6) is -0.742. The van der Waals surface area contributed by atoms with E-state index in [-0.39, 0.29) is 6.04 Å². The molecule has 1 N–H and O–H groups in total. The van der Waals surface area contributed by atoms with Crippen LogP contribution in [0.25, 0.3) is 0 Å². The van der Waals surface area contributed by atoms with Crippen molar-refractivity contribution in [2.75, 3.05) is 32.7 Å². The highest BCUT2D eigenvalue weighted by atomic mass is 79.9. The Morgan fingerprint density at radius 3 is 2.40 bits per heavy atom. The second-order valence-corrected chi connectivity index (χ2v) is 4.97. The zero-order chi connectivity index (χ0) is 11.4. The van der Waals surface area contributed by atoms with Crippen LogP contribution in [0.3, 0.4) is 0 Å². The minimum absolute atomic E-state index is 0.376. The summed E-state index contributed by atoms with van der Waals surface area (Å²) < 4.78 is 0.974. The Kier molecular flexibility index (Phi) is 4.76. The SMILES string of the molecule is C=C(Br)CN1CCN(C(C)C(=O)O)CC1. The Bertz CT molecular complexity index is 250. The molecule has 1 rings (SSSR count). The summed E-state index contributed by atoms with van der Waals surface area (Å²) >= 11 is 3.33. The summed E-state index contributed by atoms with van der Waals surface area (Å²) in [6.07, 6.45) is 0. The fourth-order valence-electron chi connectivity index (χ4n) is 1.71. The first-order valence-corrected chi connectivity index (χ1v) is 5.82. The van der Waals surface area contributed by atoms with Gasteiger partial charge in [0.05, 0.1) is 0 Å². The highest BCUT2D eigenvalue weighted by Crippen LogP contribution is 2.10. The molecule has 1 fully saturated rings. The fraction of sp³-hybridized carbons (Fsp3) is 0.700. The van der Waals surface area contributed by atoms with Gasteiger partial charge in [0.2, 0.25) is 0 Å². The molecule has 0 spiro atoms. The van der Waals surface area contributed by atoms with Crippen molar-refractivity contribution < 1.29 is 9.90 Å². The van der Waals surface area contributed by atoms with Gasteiger partial charge in [0.1, 0.15) is 6.04 Å². The number of aliphatic carboxylic acids is 1. The van der Waals surface area contributed by atoms with Gasteiger partial charge >= 0.3 is 5.97 Å². The maximum Gasteiger partial charge on any atom is 0.320 e. The van der Waals surface area contributed by atoms with Gasteiger partial charge in [-0.1, -0.05) is 22.5 Å². The quantitative estimate of drug-likeness (QED) is 0.832. The highest BCUT2D eigenvalue weighted by Gasteiger charge is 2.24. The molecule has 1 heterocycles. The standard InChI is InChI=1S/C10H17BrN2O2/c1-8(11)7-12-3-5-13(6-4-12)9(2)10(14)15/h9H,1,3-7H2,2H3,(H,14,15). The lowest BCUT2D eigenvalue weighted by molar-refractivity contribution is -0.143. The number of nitrogens with zero attached hydrogens (tertiary/aromatic N) is 2. The van der Waals surface area contributed by atoms with E-state index in [1.54, 1.807) is 6.92 Å². The van der Waals surface area contributed by atoms with Crippen molar-refractivity contribution in [3.05, 3.63) is 11.1 Å². The second kappa shape index (κ2) is 5.63. The molecular weight excluding hydrogens is 260 g/mol. The van der Waals surface area contributed by atoms with Crippen molar-refractivity contribution in [3.8, 4) is 0 Å². The number of carboxylic acids is 1. The van der Waals surface area contributed by atoms with Crippen LogP contribution in [0, 0.1) is 0 Å². The zero-order valence-electron chi connectivity index (χ0n) is 8.95. The molecule has 1 aliphatic heterocycles. The molecule has 0 aliphatic carbocycles. The van der Waals surface area contributed by atoms with Crippen LogP contribution in [0.4, 0.5) is 0 Å². The average molecular weight is 277 g/mol. The summed E-state index contributed by atoms with van der Waals surface area (Å²) in [6.45, 7) is 9.82. The van der Waals surface area contributed by atoms with Gasteiger partial charge in [-0.25, -0.2) is 0 Å². The molecule has 1 unspecified atom stereocenters. The van der Waals surface area contributed by atoms with Crippen LogP contribution in [0.15, 0.2) is 11.1 Å². The third kappa shape index (κ3) is 3.93. The van der Waals surface area contributed by atoms with Gasteiger partial charge in [0, 0.05) is 37.2 Å². The Morgan fingerprint density at radius 2 is 2.00 bits per heavy atom. The summed E-state index contributed by atoms with van der Waals surface area (Å²) in [5.41, 5.74) is 0. The van der Waals surface area contributed by atoms with E-state index in [0.717, 1.165) is 37.2 Å². The van der Waals surface area contributed by atoms with Gasteiger partial charge in [0.25, 0.3) is 0 Å². The van der Waals surface area contributed by atoms with E-state index in [4.69, 9.17) is 5.11 Å². The second-order valence-electron chi connectivity index (χ2n) is 3.84. The molecule has 0 radical (unpaired) electrons. The van der Waals surface area contributed by atoms with Crippen molar-refractivity contribution in [2.45, 2.75) is 13.0 Å². The zero-order valence-corrected chi connectivity index (χ0v) is 10.5. The van der Waals surface area contributed by atoms with Crippen molar-refractivity contribution >= 4 is 21.9 Å². The molecule has 0 amide bonds. The molecule has 15 heavy (non-hydrogen) atoms. The molecule has 0 aromatic heterocycles. The van der Waals surface area contributed by atoms with E-state index >= 15 is 0 Å². The van der Waals surface area contributed by atoms with Gasteiger partial charge < -0.3 is 5.11 Å². The molecule has 0 aromatic carbocycles. The summed E-state index contributed by atoms with van der Waals surface area (Å²) in [4.78, 5) is 15.0. The monoisotopic (exact) mass is 276 g/mol. The molecule has 0 bridgehead atoms. The minimum atomic E-state index is -0.742. The van der Waals surface area contributed by atoms with E-state index in [2.05, 4.69) is 27.4 Å². The molecule has 0 aromatic rings. The number of carbonyl (C=O) groups is 1. The Labute approximate surface area is 98.7 Å². The third-order valence-electron chi connectivity index (χ3n) is 2.71. The fourth-order valence-corrected chi connectivity index (χ4v) is 2.06. The van der Waals surface area contributed by atoms with Gasteiger partial charge in [-0.05, 0) is 6.92 Å². The van der Waals surface area contributed by atoms with Crippen LogP contribution < -0.4 is 0 Å². The maximum atomic E-state index is 10.8. The van der Waals surface area contributed by atoms with Crippen LogP contribution >= 0.6 is 15.9 Å². The number of hydrogen-bond acceptors (Lipinski definition) is 3. The van der Waals surface area contributed by atoms with E-state index in [0.29, 0.717) is 0 Å². The molecule has 0 saturated carbocycles. The first-order valence-electron chi connectivity index (χ1n) is 5.03. The molecular formula is C10H17BrN2O2. The Morgan fingerprint density at radius 1 is 1.47 bits per heavy atom. The molecule has 5 heteroatoms. The summed E-state index contributed by atoms with van der Waals surface area (Å²) in [5, 5.41) is 8.87. The molecule has 86 valence electrons. The van der Waals surface area contributed by atoms with Crippen LogP contribution in [0.5, 0.6) is 0 Å². The van der Waals surface area contributed by atoms with Crippen LogP contribution in [-0.4, -0.2) is 59.6 Å². The maximum absolute atomic E-state index is 10.8. The number of piperazine rings is 1. The molecule has 4 nitrogen and oxygen atoms in total. The third-order valence-corrected chi connectivity index (χ3v) is 2.96. The van der Waals surface area contributed by atoms with Crippen LogP contribution in [0.2, 0.25) is 0 Å². The first-order chi connectivity index (χ1) is 7.00. The minimum Gasteiger partial charge on any atom is -0.480 e. The van der Waals surface area contributed by atoms with Gasteiger partial charge in [-0.15, -0.1) is 0 Å². The predicted molar refractivity (Wildman–Crippen MR) is 63.2 cm³/mol. The van der Waals surface area contributed by atoms with Crippen molar-refractivity contribution in [1.29, 1.82) is 0 Å². The topological polar surface area (TPSA) is 43.8 Å². The number of carboxylic acid groups (broad SMARTS) is 1. The molecule has 1 aliphatic rings.